The average molecular weight is 298 g/mol. The van der Waals surface area contributed by atoms with E-state index in [1.54, 1.807) is 0 Å². The second-order valence-corrected chi connectivity index (χ2v) is 4.28. The van der Waals surface area contributed by atoms with E-state index in [1.807, 2.05) is 0 Å². The molecule has 1 saturated heterocycles. The largest absolute Gasteiger partial charge is 0.469 e. The molecule has 9 heteroatoms. The fraction of sp³-hybridized carbons (Fsp3) is 0.818. The molecule has 1 unspecified atom stereocenters. The fourth-order valence-corrected chi connectivity index (χ4v) is 1.76. The van der Waals surface area contributed by atoms with Crippen molar-refractivity contribution in [2.75, 3.05) is 40.0 Å². The number of ether oxygens (including phenoxy) is 2. The molecule has 0 spiro atoms. The van der Waals surface area contributed by atoms with Crippen LogP contribution in [0.25, 0.3) is 0 Å². The first-order chi connectivity index (χ1) is 9.33. The molecule has 20 heavy (non-hydrogen) atoms. The molecule has 0 aromatic rings. The molecule has 0 aromatic heterocycles. The maximum atomic E-state index is 12.5. The van der Waals surface area contributed by atoms with E-state index in [-0.39, 0.29) is 19.6 Å². The van der Waals surface area contributed by atoms with Gasteiger partial charge in [-0.05, 0) is 0 Å². The van der Waals surface area contributed by atoms with Crippen LogP contribution >= 0.6 is 0 Å². The minimum Gasteiger partial charge on any atom is -0.469 e. The van der Waals surface area contributed by atoms with Gasteiger partial charge in [-0.2, -0.15) is 13.2 Å². The van der Waals surface area contributed by atoms with Gasteiger partial charge in [0.1, 0.15) is 12.6 Å². The molecule has 0 saturated carbocycles. The molecule has 1 aliphatic rings. The van der Waals surface area contributed by atoms with Gasteiger partial charge in [-0.15, -0.1) is 0 Å². The quantitative estimate of drug-likeness (QED) is 0.720. The molecule has 1 amide bonds. The van der Waals surface area contributed by atoms with Gasteiger partial charge in [0, 0.05) is 13.1 Å². The van der Waals surface area contributed by atoms with Crippen molar-refractivity contribution in [3.63, 3.8) is 0 Å². The lowest BCUT2D eigenvalue weighted by atomic mass is 10.2. The lowest BCUT2D eigenvalue weighted by Crippen LogP contribution is -2.54. The second-order valence-electron chi connectivity index (χ2n) is 4.28. The third kappa shape index (κ3) is 5.74. The third-order valence-electron chi connectivity index (χ3n) is 2.72. The highest BCUT2D eigenvalue weighted by atomic mass is 19.4. The highest BCUT2D eigenvalue weighted by Gasteiger charge is 2.36. The van der Waals surface area contributed by atoms with E-state index in [9.17, 15) is 22.8 Å². The van der Waals surface area contributed by atoms with Crippen LogP contribution < -0.4 is 5.32 Å². The van der Waals surface area contributed by atoms with Gasteiger partial charge < -0.3 is 19.7 Å². The van der Waals surface area contributed by atoms with Crippen molar-refractivity contribution in [3.8, 4) is 0 Å². The van der Waals surface area contributed by atoms with E-state index in [1.165, 1.54) is 0 Å². The van der Waals surface area contributed by atoms with Crippen molar-refractivity contribution in [3.05, 3.63) is 0 Å². The molecule has 1 heterocycles. The van der Waals surface area contributed by atoms with E-state index in [4.69, 9.17) is 4.74 Å². The Morgan fingerprint density at radius 3 is 2.65 bits per heavy atom. The Balaban J connectivity index is 2.64. The fourth-order valence-electron chi connectivity index (χ4n) is 1.76. The maximum Gasteiger partial charge on any atom is 0.406 e. The van der Waals surface area contributed by atoms with Crippen LogP contribution in [0.5, 0.6) is 0 Å². The number of halogens is 3. The molecule has 0 radical (unpaired) electrons. The van der Waals surface area contributed by atoms with Crippen LogP contribution in [0, 0.1) is 0 Å². The summed E-state index contributed by atoms with van der Waals surface area (Å²) in [5.74, 6) is -1.40. The van der Waals surface area contributed by atoms with Crippen LogP contribution in [0.15, 0.2) is 0 Å². The summed E-state index contributed by atoms with van der Waals surface area (Å²) in [7, 11) is 1.13. The SMILES string of the molecule is COC(=O)CCN(CC(F)(F)F)C(=O)C1COCCN1. The van der Waals surface area contributed by atoms with Crippen molar-refractivity contribution in [1.29, 1.82) is 0 Å². The Morgan fingerprint density at radius 2 is 2.15 bits per heavy atom. The number of rotatable bonds is 5. The van der Waals surface area contributed by atoms with Crippen LogP contribution in [0.4, 0.5) is 13.2 Å². The zero-order valence-corrected chi connectivity index (χ0v) is 11.0. The lowest BCUT2D eigenvalue weighted by Gasteiger charge is -2.30. The second kappa shape index (κ2) is 7.44. The van der Waals surface area contributed by atoms with Gasteiger partial charge in [0.2, 0.25) is 5.91 Å². The predicted octanol–water partition coefficient (Wildman–Crippen LogP) is -0.0712. The summed E-state index contributed by atoms with van der Waals surface area (Å²) < 4.78 is 46.8. The van der Waals surface area contributed by atoms with Crippen molar-refractivity contribution in [1.82, 2.24) is 10.2 Å². The summed E-state index contributed by atoms with van der Waals surface area (Å²) in [6.45, 7) is -0.923. The highest BCUT2D eigenvalue weighted by Crippen LogP contribution is 2.17. The number of nitrogens with zero attached hydrogens (tertiary/aromatic N) is 1. The predicted molar refractivity (Wildman–Crippen MR) is 61.9 cm³/mol. The van der Waals surface area contributed by atoms with Gasteiger partial charge in [-0.25, -0.2) is 0 Å². The minimum atomic E-state index is -4.53. The van der Waals surface area contributed by atoms with Crippen molar-refractivity contribution in [2.24, 2.45) is 0 Å². The molecule has 1 fully saturated rings. The Labute approximate surface area is 114 Å². The number of hydrogen-bond acceptors (Lipinski definition) is 5. The van der Waals surface area contributed by atoms with Crippen molar-refractivity contribution in [2.45, 2.75) is 18.6 Å². The molecule has 1 rings (SSSR count). The molecule has 1 atom stereocenters. The van der Waals surface area contributed by atoms with Gasteiger partial charge in [-0.1, -0.05) is 0 Å². The van der Waals surface area contributed by atoms with Crippen LogP contribution in [0.1, 0.15) is 6.42 Å². The van der Waals surface area contributed by atoms with E-state index in [0.717, 1.165) is 7.11 Å². The molecule has 0 aliphatic carbocycles. The number of carbonyl (C=O) groups is 2. The summed E-state index contributed by atoms with van der Waals surface area (Å²) >= 11 is 0. The molecule has 0 bridgehead atoms. The Morgan fingerprint density at radius 1 is 1.45 bits per heavy atom. The van der Waals surface area contributed by atoms with Gasteiger partial charge in [-0.3, -0.25) is 9.59 Å². The van der Waals surface area contributed by atoms with Crippen LogP contribution in [-0.2, 0) is 19.1 Å². The number of amides is 1. The van der Waals surface area contributed by atoms with E-state index >= 15 is 0 Å². The lowest BCUT2D eigenvalue weighted by molar-refractivity contribution is -0.165. The maximum absolute atomic E-state index is 12.5. The number of carbonyl (C=O) groups excluding carboxylic acids is 2. The summed E-state index contributed by atoms with van der Waals surface area (Å²) in [5, 5.41) is 2.79. The first-order valence-electron chi connectivity index (χ1n) is 6.07. The zero-order chi connectivity index (χ0) is 15.2. The zero-order valence-electron chi connectivity index (χ0n) is 11.0. The molecule has 1 aliphatic heterocycles. The van der Waals surface area contributed by atoms with Crippen molar-refractivity contribution < 1.29 is 32.2 Å². The molecule has 6 nitrogen and oxygen atoms in total. The van der Waals surface area contributed by atoms with E-state index in [0.29, 0.717) is 18.1 Å². The van der Waals surface area contributed by atoms with E-state index < -0.39 is 30.6 Å². The molecule has 116 valence electrons. The van der Waals surface area contributed by atoms with E-state index in [2.05, 4.69) is 10.1 Å². The normalized spacial score (nSPS) is 19.5. The number of alkyl halides is 3. The number of nitrogens with one attached hydrogen (secondary N) is 1. The Hall–Kier alpha value is -1.35. The summed E-state index contributed by atoms with van der Waals surface area (Å²) in [6.07, 6.45) is -4.81. The molecule has 1 N–H and O–H groups in total. The minimum absolute atomic E-state index is 0.0193. The van der Waals surface area contributed by atoms with Crippen LogP contribution in [0.2, 0.25) is 0 Å². The van der Waals surface area contributed by atoms with Crippen LogP contribution in [0.3, 0.4) is 0 Å². The topological polar surface area (TPSA) is 67.9 Å². The smallest absolute Gasteiger partial charge is 0.406 e. The molecule has 0 aromatic carbocycles. The molecular weight excluding hydrogens is 281 g/mol. The average Bonchev–Trinajstić information content (AvgIpc) is 2.42. The Bertz CT molecular complexity index is 343. The number of esters is 1. The number of morpholine rings is 1. The number of hydrogen-bond donors (Lipinski definition) is 1. The summed E-state index contributed by atoms with van der Waals surface area (Å²) in [4.78, 5) is 23.6. The van der Waals surface area contributed by atoms with Gasteiger partial charge in [0.25, 0.3) is 0 Å². The summed E-state index contributed by atoms with van der Waals surface area (Å²) in [6, 6.07) is -0.816. The standard InChI is InChI=1S/C11H17F3N2O4/c1-19-9(17)2-4-16(7-11(12,13)14)10(18)8-6-20-5-3-15-8/h8,15H,2-7H2,1H3. The first-order valence-corrected chi connectivity index (χ1v) is 6.07. The van der Waals surface area contributed by atoms with Gasteiger partial charge in [0.15, 0.2) is 0 Å². The number of methoxy groups -OCH3 is 1. The molecular formula is C11H17F3N2O4. The van der Waals surface area contributed by atoms with Crippen molar-refractivity contribution >= 4 is 11.9 Å². The highest BCUT2D eigenvalue weighted by molar-refractivity contribution is 5.82. The van der Waals surface area contributed by atoms with Gasteiger partial charge >= 0.3 is 12.1 Å². The first kappa shape index (κ1) is 16.7. The third-order valence-corrected chi connectivity index (χ3v) is 2.72. The monoisotopic (exact) mass is 298 g/mol. The van der Waals surface area contributed by atoms with Crippen LogP contribution in [-0.4, -0.2) is 69.0 Å². The summed E-state index contributed by atoms with van der Waals surface area (Å²) in [5.41, 5.74) is 0. The Kier molecular flexibility index (Phi) is 6.21. The van der Waals surface area contributed by atoms with Gasteiger partial charge in [0.05, 0.1) is 26.7 Å².